The number of likely N-dealkylation sites (tertiary alicyclic amines) is 1. The van der Waals surface area contributed by atoms with Gasteiger partial charge in [-0.2, -0.15) is 15.0 Å². The van der Waals surface area contributed by atoms with E-state index in [-0.39, 0.29) is 17.5 Å². The van der Waals surface area contributed by atoms with Crippen LogP contribution in [0.25, 0.3) is 5.69 Å². The summed E-state index contributed by atoms with van der Waals surface area (Å²) in [6, 6.07) is 4.31. The normalized spacial score (nSPS) is 20.9. The molecule has 1 amide bonds. The summed E-state index contributed by atoms with van der Waals surface area (Å²) in [6.07, 6.45) is 7.46. The van der Waals surface area contributed by atoms with Crippen molar-refractivity contribution in [2.75, 3.05) is 24.5 Å². The molecule has 9 heteroatoms. The van der Waals surface area contributed by atoms with Crippen LogP contribution in [0.15, 0.2) is 43.0 Å². The fourth-order valence-corrected chi connectivity index (χ4v) is 4.20. The van der Waals surface area contributed by atoms with E-state index in [1.165, 1.54) is 35.4 Å². The first-order chi connectivity index (χ1) is 14.1. The highest BCUT2D eigenvalue weighted by Crippen LogP contribution is 2.36. The smallest absolute Gasteiger partial charge is 0.256 e. The number of halogens is 1. The lowest BCUT2D eigenvalue weighted by Crippen LogP contribution is -2.65. The van der Waals surface area contributed by atoms with Crippen LogP contribution in [0.2, 0.25) is 0 Å². The van der Waals surface area contributed by atoms with Gasteiger partial charge in [0.15, 0.2) is 0 Å². The minimum absolute atomic E-state index is 0.198. The molecule has 29 heavy (non-hydrogen) atoms. The molecule has 8 nitrogen and oxygen atoms in total. The van der Waals surface area contributed by atoms with E-state index in [1.54, 1.807) is 17.3 Å². The lowest BCUT2D eigenvalue weighted by Gasteiger charge is -2.53. The molecule has 0 unspecified atom stereocenters. The van der Waals surface area contributed by atoms with Gasteiger partial charge in [-0.05, 0) is 31.5 Å². The predicted octanol–water partition coefficient (Wildman–Crippen LogP) is 1.86. The molecule has 0 spiro atoms. The van der Waals surface area contributed by atoms with Crippen molar-refractivity contribution in [2.24, 2.45) is 5.92 Å². The molecule has 0 aliphatic carbocycles. The fraction of sp³-hybridized carbons (Fsp3) is 0.350. The van der Waals surface area contributed by atoms with E-state index in [4.69, 9.17) is 0 Å². The Balaban J connectivity index is 1.40. The second kappa shape index (κ2) is 6.91. The second-order valence-electron chi connectivity index (χ2n) is 7.52. The van der Waals surface area contributed by atoms with Gasteiger partial charge in [-0.15, -0.1) is 0 Å². The number of benzene rings is 1. The molecule has 2 saturated heterocycles. The number of amides is 1. The summed E-state index contributed by atoms with van der Waals surface area (Å²) in [5, 5.41) is 8.18. The second-order valence-corrected chi connectivity index (χ2v) is 7.52. The molecule has 2 aliphatic heterocycles. The SMILES string of the molecule is Cc1cncc(N2C[C@@H]3CCN(C(=O)c4cc(F)ccc4-n4nccn4)C[C@@H]32)n1. The number of aromatic nitrogens is 5. The molecule has 0 saturated carbocycles. The molecule has 2 aliphatic rings. The molecule has 2 fully saturated rings. The molecule has 0 N–H and O–H groups in total. The van der Waals surface area contributed by atoms with Gasteiger partial charge in [0.25, 0.3) is 5.91 Å². The highest BCUT2D eigenvalue weighted by molar-refractivity contribution is 5.97. The van der Waals surface area contributed by atoms with Crippen molar-refractivity contribution in [3.63, 3.8) is 0 Å². The van der Waals surface area contributed by atoms with E-state index in [0.717, 1.165) is 24.5 Å². The molecule has 0 bridgehead atoms. The molecule has 4 heterocycles. The summed E-state index contributed by atoms with van der Waals surface area (Å²) < 4.78 is 13.9. The minimum Gasteiger partial charge on any atom is -0.350 e. The Morgan fingerprint density at radius 2 is 2.00 bits per heavy atom. The zero-order valence-corrected chi connectivity index (χ0v) is 15.9. The summed E-state index contributed by atoms with van der Waals surface area (Å²) in [6.45, 7) is 4.06. The lowest BCUT2D eigenvalue weighted by molar-refractivity contribution is 0.0590. The van der Waals surface area contributed by atoms with E-state index in [0.29, 0.717) is 24.7 Å². The summed E-state index contributed by atoms with van der Waals surface area (Å²) in [5.74, 6) is 0.700. The van der Waals surface area contributed by atoms with Crippen LogP contribution in [0.5, 0.6) is 0 Å². The molecule has 1 aromatic carbocycles. The number of carbonyl (C=O) groups is 1. The van der Waals surface area contributed by atoms with Crippen molar-refractivity contribution >= 4 is 11.7 Å². The van der Waals surface area contributed by atoms with Gasteiger partial charge in [0.05, 0.1) is 41.6 Å². The first kappa shape index (κ1) is 17.7. The largest absolute Gasteiger partial charge is 0.350 e. The fourth-order valence-electron chi connectivity index (χ4n) is 4.20. The number of nitrogens with zero attached hydrogens (tertiary/aromatic N) is 7. The maximum Gasteiger partial charge on any atom is 0.256 e. The molecule has 2 atom stereocenters. The van der Waals surface area contributed by atoms with Crippen LogP contribution in [-0.2, 0) is 0 Å². The summed E-state index contributed by atoms with van der Waals surface area (Å²) in [5.41, 5.74) is 1.60. The average Bonchev–Trinajstić information content (AvgIpc) is 3.23. The molecule has 3 aromatic rings. The summed E-state index contributed by atoms with van der Waals surface area (Å²) >= 11 is 0. The van der Waals surface area contributed by atoms with Gasteiger partial charge < -0.3 is 9.80 Å². The molecule has 148 valence electrons. The van der Waals surface area contributed by atoms with Crippen LogP contribution < -0.4 is 4.90 Å². The summed E-state index contributed by atoms with van der Waals surface area (Å²) in [7, 11) is 0. The van der Waals surface area contributed by atoms with Crippen LogP contribution in [-0.4, -0.2) is 61.4 Å². The highest BCUT2D eigenvalue weighted by atomic mass is 19.1. The third-order valence-corrected chi connectivity index (χ3v) is 5.70. The maximum atomic E-state index is 13.9. The minimum atomic E-state index is -0.459. The molecular weight excluding hydrogens is 373 g/mol. The van der Waals surface area contributed by atoms with Crippen LogP contribution in [0.3, 0.4) is 0 Å². The average molecular weight is 393 g/mol. The predicted molar refractivity (Wildman–Crippen MR) is 103 cm³/mol. The topological polar surface area (TPSA) is 80.0 Å². The van der Waals surface area contributed by atoms with Gasteiger partial charge in [-0.3, -0.25) is 9.78 Å². The van der Waals surface area contributed by atoms with Crippen molar-refractivity contribution < 1.29 is 9.18 Å². The first-order valence-electron chi connectivity index (χ1n) is 9.61. The number of carbonyl (C=O) groups excluding carboxylic acids is 1. The number of hydrogen-bond donors (Lipinski definition) is 0. The quantitative estimate of drug-likeness (QED) is 0.676. The standard InChI is InChI=1S/C20H20FN7O/c1-13-9-22-10-19(25-13)27-11-14-4-7-26(12-18(14)27)20(29)16-8-15(21)2-3-17(16)28-23-5-6-24-28/h2-3,5-6,8-10,14,18H,4,7,11-12H2,1H3/t14-,18-/m0/s1. The van der Waals surface area contributed by atoms with Gasteiger partial charge in [-0.1, -0.05) is 0 Å². The zero-order valence-electron chi connectivity index (χ0n) is 15.9. The lowest BCUT2D eigenvalue weighted by atomic mass is 9.82. The Hall–Kier alpha value is -3.36. The van der Waals surface area contributed by atoms with E-state index in [9.17, 15) is 9.18 Å². The summed E-state index contributed by atoms with van der Waals surface area (Å²) in [4.78, 5) is 27.4. The van der Waals surface area contributed by atoms with Gasteiger partial charge in [0.2, 0.25) is 0 Å². The molecular formula is C20H20FN7O. The van der Waals surface area contributed by atoms with E-state index < -0.39 is 5.82 Å². The number of piperidine rings is 1. The van der Waals surface area contributed by atoms with E-state index >= 15 is 0 Å². The Morgan fingerprint density at radius 1 is 1.17 bits per heavy atom. The molecule has 5 rings (SSSR count). The van der Waals surface area contributed by atoms with Crippen LogP contribution in [0.1, 0.15) is 22.5 Å². The number of aryl methyl sites for hydroxylation is 1. The van der Waals surface area contributed by atoms with Crippen LogP contribution in [0.4, 0.5) is 10.2 Å². The van der Waals surface area contributed by atoms with Crippen molar-refractivity contribution in [1.82, 2.24) is 29.9 Å². The molecule has 0 radical (unpaired) electrons. The number of anilines is 1. The maximum absolute atomic E-state index is 13.9. The Bertz CT molecular complexity index is 1050. The van der Waals surface area contributed by atoms with Gasteiger partial charge in [0.1, 0.15) is 11.6 Å². The van der Waals surface area contributed by atoms with Gasteiger partial charge >= 0.3 is 0 Å². The van der Waals surface area contributed by atoms with Crippen molar-refractivity contribution in [2.45, 2.75) is 19.4 Å². The van der Waals surface area contributed by atoms with Crippen molar-refractivity contribution in [1.29, 1.82) is 0 Å². The number of hydrogen-bond acceptors (Lipinski definition) is 6. The Kier molecular flexibility index (Phi) is 4.22. The highest BCUT2D eigenvalue weighted by Gasteiger charge is 2.44. The van der Waals surface area contributed by atoms with Gasteiger partial charge in [0, 0.05) is 31.7 Å². The van der Waals surface area contributed by atoms with Crippen molar-refractivity contribution in [3.05, 3.63) is 60.1 Å². The van der Waals surface area contributed by atoms with E-state index in [2.05, 4.69) is 25.1 Å². The Labute approximate surface area is 167 Å². The van der Waals surface area contributed by atoms with E-state index in [1.807, 2.05) is 6.92 Å². The number of rotatable bonds is 3. The third-order valence-electron chi connectivity index (χ3n) is 5.70. The zero-order chi connectivity index (χ0) is 20.0. The third kappa shape index (κ3) is 3.12. The van der Waals surface area contributed by atoms with Crippen LogP contribution in [0, 0.1) is 18.7 Å². The first-order valence-corrected chi connectivity index (χ1v) is 9.61. The van der Waals surface area contributed by atoms with Crippen LogP contribution >= 0.6 is 0 Å². The van der Waals surface area contributed by atoms with Gasteiger partial charge in [-0.25, -0.2) is 9.37 Å². The molecule has 2 aromatic heterocycles. The van der Waals surface area contributed by atoms with Crippen molar-refractivity contribution in [3.8, 4) is 5.69 Å². The Morgan fingerprint density at radius 3 is 2.79 bits per heavy atom. The monoisotopic (exact) mass is 393 g/mol. The number of fused-ring (bicyclic) bond motifs is 1.